The molecule has 14 heavy (non-hydrogen) atoms. The lowest BCUT2D eigenvalue weighted by Crippen LogP contribution is -2.35. The van der Waals surface area contributed by atoms with Crippen LogP contribution in [0.4, 0.5) is 0 Å². The van der Waals surface area contributed by atoms with Crippen molar-refractivity contribution in [2.24, 2.45) is 23.2 Å². The Labute approximate surface area is 85.0 Å². The Morgan fingerprint density at radius 3 is 3.07 bits per heavy atom. The van der Waals surface area contributed by atoms with Crippen LogP contribution >= 0.6 is 0 Å². The summed E-state index contributed by atoms with van der Waals surface area (Å²) >= 11 is 0. The molecule has 0 radical (unpaired) electrons. The van der Waals surface area contributed by atoms with Crippen LogP contribution in [0.2, 0.25) is 0 Å². The lowest BCUT2D eigenvalue weighted by molar-refractivity contribution is -0.129. The standard InChI is InChI=1S/C12H18O2/c1-7-3-8-5-9-6-14-11(13)12(9,2)10(8)4-7/h8-11,13H,1,3-6H2,2H3/t8-,9+,10-,11?,12-/m1/s1. The summed E-state index contributed by atoms with van der Waals surface area (Å²) < 4.78 is 5.39. The van der Waals surface area contributed by atoms with Gasteiger partial charge >= 0.3 is 0 Å². The first-order chi connectivity index (χ1) is 6.62. The summed E-state index contributed by atoms with van der Waals surface area (Å²) in [6.45, 7) is 7.05. The molecular weight excluding hydrogens is 176 g/mol. The Balaban J connectivity index is 1.95. The molecule has 0 spiro atoms. The molecule has 2 nitrogen and oxygen atoms in total. The van der Waals surface area contributed by atoms with E-state index in [4.69, 9.17) is 4.74 Å². The lowest BCUT2D eigenvalue weighted by atomic mass is 9.73. The van der Waals surface area contributed by atoms with E-state index in [2.05, 4.69) is 13.5 Å². The Morgan fingerprint density at radius 1 is 1.50 bits per heavy atom. The fourth-order valence-electron chi connectivity index (χ4n) is 3.99. The molecule has 3 rings (SSSR count). The number of ether oxygens (including phenoxy) is 1. The first-order valence-corrected chi connectivity index (χ1v) is 5.58. The third kappa shape index (κ3) is 0.887. The first kappa shape index (κ1) is 8.93. The number of fused-ring (bicyclic) bond motifs is 3. The molecule has 0 bridgehead atoms. The molecule has 1 unspecified atom stereocenters. The summed E-state index contributed by atoms with van der Waals surface area (Å²) in [6.07, 6.45) is 2.99. The van der Waals surface area contributed by atoms with Crippen LogP contribution in [0.5, 0.6) is 0 Å². The van der Waals surface area contributed by atoms with Gasteiger partial charge in [-0.15, -0.1) is 0 Å². The van der Waals surface area contributed by atoms with Gasteiger partial charge in [0.05, 0.1) is 6.61 Å². The maximum Gasteiger partial charge on any atom is 0.160 e. The molecule has 0 amide bonds. The van der Waals surface area contributed by atoms with E-state index in [1.165, 1.54) is 18.4 Å². The SMILES string of the molecule is C=C1C[C@@H]2C[C@H]3COC(O)[C@@]3(C)[C@@H]2C1. The molecule has 2 saturated carbocycles. The van der Waals surface area contributed by atoms with Gasteiger partial charge in [-0.2, -0.15) is 0 Å². The van der Waals surface area contributed by atoms with Gasteiger partial charge in [0.2, 0.25) is 0 Å². The number of hydrogen-bond acceptors (Lipinski definition) is 2. The zero-order valence-corrected chi connectivity index (χ0v) is 8.70. The van der Waals surface area contributed by atoms with Crippen molar-refractivity contribution in [2.75, 3.05) is 6.61 Å². The molecule has 0 aromatic heterocycles. The van der Waals surface area contributed by atoms with E-state index >= 15 is 0 Å². The van der Waals surface area contributed by atoms with Crippen molar-refractivity contribution in [2.45, 2.75) is 32.5 Å². The van der Waals surface area contributed by atoms with Gasteiger partial charge in [0, 0.05) is 5.41 Å². The van der Waals surface area contributed by atoms with E-state index in [1.807, 2.05) is 0 Å². The molecule has 2 heteroatoms. The van der Waals surface area contributed by atoms with E-state index in [-0.39, 0.29) is 5.41 Å². The number of rotatable bonds is 0. The molecule has 5 atom stereocenters. The topological polar surface area (TPSA) is 29.5 Å². The van der Waals surface area contributed by atoms with Crippen molar-refractivity contribution in [1.82, 2.24) is 0 Å². The Morgan fingerprint density at radius 2 is 2.29 bits per heavy atom. The molecule has 0 aromatic carbocycles. The second-order valence-corrected chi connectivity index (χ2v) is 5.51. The second kappa shape index (κ2) is 2.61. The van der Waals surface area contributed by atoms with E-state index in [0.29, 0.717) is 11.8 Å². The third-order valence-electron chi connectivity index (χ3n) is 4.88. The Kier molecular flexibility index (Phi) is 1.67. The highest BCUT2D eigenvalue weighted by molar-refractivity contribution is 5.16. The van der Waals surface area contributed by atoms with E-state index in [1.54, 1.807) is 0 Å². The van der Waals surface area contributed by atoms with Crippen molar-refractivity contribution in [3.8, 4) is 0 Å². The van der Waals surface area contributed by atoms with Crippen LogP contribution < -0.4 is 0 Å². The smallest absolute Gasteiger partial charge is 0.160 e. The van der Waals surface area contributed by atoms with Crippen molar-refractivity contribution < 1.29 is 9.84 Å². The van der Waals surface area contributed by atoms with Crippen molar-refractivity contribution in [3.05, 3.63) is 12.2 Å². The Hall–Kier alpha value is -0.340. The molecule has 1 aliphatic heterocycles. The largest absolute Gasteiger partial charge is 0.367 e. The summed E-state index contributed by atoms with van der Waals surface area (Å²) in [5.74, 6) is 1.98. The average molecular weight is 194 g/mol. The quantitative estimate of drug-likeness (QED) is 0.597. The van der Waals surface area contributed by atoms with Crippen molar-refractivity contribution in [3.63, 3.8) is 0 Å². The second-order valence-electron chi connectivity index (χ2n) is 5.51. The van der Waals surface area contributed by atoms with E-state index in [0.717, 1.165) is 18.9 Å². The Bertz CT molecular complexity index is 286. The molecule has 3 aliphatic rings. The monoisotopic (exact) mass is 194 g/mol. The van der Waals surface area contributed by atoms with Crippen LogP contribution in [-0.2, 0) is 4.74 Å². The summed E-state index contributed by atoms with van der Waals surface area (Å²) in [5.41, 5.74) is 1.39. The first-order valence-electron chi connectivity index (χ1n) is 5.58. The number of aliphatic hydroxyl groups excluding tert-OH is 1. The maximum atomic E-state index is 9.94. The fraction of sp³-hybridized carbons (Fsp3) is 0.833. The van der Waals surface area contributed by atoms with Crippen molar-refractivity contribution in [1.29, 1.82) is 0 Å². The van der Waals surface area contributed by atoms with Crippen molar-refractivity contribution >= 4 is 0 Å². The van der Waals surface area contributed by atoms with Gasteiger partial charge in [-0.25, -0.2) is 0 Å². The minimum Gasteiger partial charge on any atom is -0.367 e. The summed E-state index contributed by atoms with van der Waals surface area (Å²) in [6, 6.07) is 0. The van der Waals surface area contributed by atoms with E-state index in [9.17, 15) is 5.11 Å². The van der Waals surface area contributed by atoms with Gasteiger partial charge in [0.1, 0.15) is 0 Å². The fourth-order valence-corrected chi connectivity index (χ4v) is 3.99. The molecule has 2 aliphatic carbocycles. The third-order valence-corrected chi connectivity index (χ3v) is 4.88. The van der Waals surface area contributed by atoms with Gasteiger partial charge in [-0.3, -0.25) is 0 Å². The normalized spacial score (nSPS) is 56.3. The summed E-state index contributed by atoms with van der Waals surface area (Å²) in [4.78, 5) is 0. The van der Waals surface area contributed by atoms with Gasteiger partial charge in [-0.05, 0) is 37.0 Å². The molecule has 1 heterocycles. The highest BCUT2D eigenvalue weighted by Gasteiger charge is 2.61. The highest BCUT2D eigenvalue weighted by atomic mass is 16.6. The van der Waals surface area contributed by atoms with Crippen LogP contribution in [0.25, 0.3) is 0 Å². The molecular formula is C12H18O2. The highest BCUT2D eigenvalue weighted by Crippen LogP contribution is 2.62. The van der Waals surface area contributed by atoms with Gasteiger partial charge in [0.15, 0.2) is 6.29 Å². The number of hydrogen-bond donors (Lipinski definition) is 1. The van der Waals surface area contributed by atoms with Crippen LogP contribution in [0.3, 0.4) is 0 Å². The predicted octanol–water partition coefficient (Wildman–Crippen LogP) is 1.94. The van der Waals surface area contributed by atoms with Gasteiger partial charge in [-0.1, -0.05) is 19.1 Å². The minimum absolute atomic E-state index is 0.0180. The summed E-state index contributed by atoms with van der Waals surface area (Å²) in [7, 11) is 0. The van der Waals surface area contributed by atoms with Crippen LogP contribution in [0, 0.1) is 23.2 Å². The zero-order chi connectivity index (χ0) is 9.92. The van der Waals surface area contributed by atoms with E-state index < -0.39 is 6.29 Å². The summed E-state index contributed by atoms with van der Waals surface area (Å²) in [5, 5.41) is 9.94. The zero-order valence-electron chi connectivity index (χ0n) is 8.70. The van der Waals surface area contributed by atoms with Crippen LogP contribution in [0.1, 0.15) is 26.2 Å². The molecule has 1 saturated heterocycles. The number of allylic oxidation sites excluding steroid dienone is 1. The minimum atomic E-state index is -0.534. The molecule has 0 aromatic rings. The van der Waals surface area contributed by atoms with Crippen LogP contribution in [0.15, 0.2) is 12.2 Å². The maximum absolute atomic E-state index is 9.94. The predicted molar refractivity (Wildman–Crippen MR) is 53.5 cm³/mol. The molecule has 78 valence electrons. The van der Waals surface area contributed by atoms with Crippen LogP contribution in [-0.4, -0.2) is 18.0 Å². The van der Waals surface area contributed by atoms with Gasteiger partial charge < -0.3 is 9.84 Å². The molecule has 1 N–H and O–H groups in total. The average Bonchev–Trinajstić information content (AvgIpc) is 2.68. The van der Waals surface area contributed by atoms with Gasteiger partial charge in [0.25, 0.3) is 0 Å². The number of aliphatic hydroxyl groups is 1. The molecule has 3 fully saturated rings. The lowest BCUT2D eigenvalue weighted by Gasteiger charge is -2.32.